The van der Waals surface area contributed by atoms with Crippen molar-refractivity contribution in [2.75, 3.05) is 26.8 Å². The molecule has 8 nitrogen and oxygen atoms in total. The molecule has 2 aromatic carbocycles. The molecule has 0 bridgehead atoms. The minimum Gasteiger partial charge on any atom is -0.497 e. The van der Waals surface area contributed by atoms with Crippen LogP contribution in [0.2, 0.25) is 0 Å². The minimum absolute atomic E-state index is 0.0165. The molecule has 0 saturated carbocycles. The van der Waals surface area contributed by atoms with Gasteiger partial charge in [-0.05, 0) is 29.8 Å². The van der Waals surface area contributed by atoms with Gasteiger partial charge >= 0.3 is 0 Å². The topological polar surface area (TPSA) is 108 Å². The molecule has 2 amide bonds. The van der Waals surface area contributed by atoms with E-state index in [2.05, 4.69) is 9.97 Å². The van der Waals surface area contributed by atoms with E-state index in [1.807, 2.05) is 24.3 Å². The summed E-state index contributed by atoms with van der Waals surface area (Å²) in [4.78, 5) is 35.1. The van der Waals surface area contributed by atoms with Crippen LogP contribution in [0.25, 0.3) is 11.3 Å². The maximum absolute atomic E-state index is 12.9. The molecule has 0 spiro atoms. The Hall–Kier alpha value is -3.78. The van der Waals surface area contributed by atoms with Gasteiger partial charge in [0.25, 0.3) is 0 Å². The Balaban J connectivity index is 1.52. The average Bonchev–Trinajstić information content (AvgIpc) is 2.84. The molecule has 8 heteroatoms. The van der Waals surface area contributed by atoms with Crippen LogP contribution in [0.1, 0.15) is 27.7 Å². The summed E-state index contributed by atoms with van der Waals surface area (Å²) in [5, 5.41) is 0. The highest BCUT2D eigenvalue weighted by atomic mass is 16.5. The fourth-order valence-corrected chi connectivity index (χ4v) is 3.71. The van der Waals surface area contributed by atoms with E-state index in [0.717, 1.165) is 16.9 Å². The maximum Gasteiger partial charge on any atom is 0.248 e. The van der Waals surface area contributed by atoms with Gasteiger partial charge in [-0.3, -0.25) is 19.6 Å². The average molecular weight is 432 g/mol. The van der Waals surface area contributed by atoms with Gasteiger partial charge in [0.2, 0.25) is 11.8 Å². The van der Waals surface area contributed by atoms with Crippen molar-refractivity contribution < 1.29 is 19.1 Å². The van der Waals surface area contributed by atoms with Crippen molar-refractivity contribution in [1.82, 2.24) is 14.9 Å². The zero-order valence-corrected chi connectivity index (χ0v) is 17.7. The van der Waals surface area contributed by atoms with E-state index >= 15 is 0 Å². The van der Waals surface area contributed by atoms with Gasteiger partial charge in [0, 0.05) is 30.1 Å². The molecule has 0 unspecified atom stereocenters. The van der Waals surface area contributed by atoms with Gasteiger partial charge in [-0.1, -0.05) is 24.3 Å². The Labute approximate surface area is 186 Å². The van der Waals surface area contributed by atoms with Crippen molar-refractivity contribution in [3.05, 3.63) is 77.7 Å². The number of morpholine rings is 1. The number of primary amides is 1. The van der Waals surface area contributed by atoms with Crippen LogP contribution in [0.15, 0.2) is 60.9 Å². The molecule has 3 aromatic rings. The third-order valence-electron chi connectivity index (χ3n) is 5.38. The van der Waals surface area contributed by atoms with Crippen LogP contribution < -0.4 is 10.5 Å². The monoisotopic (exact) mass is 432 g/mol. The summed E-state index contributed by atoms with van der Waals surface area (Å²) in [6.07, 6.45) is 3.09. The number of amides is 2. The zero-order valence-electron chi connectivity index (χ0n) is 17.7. The van der Waals surface area contributed by atoms with Crippen molar-refractivity contribution in [2.24, 2.45) is 5.73 Å². The van der Waals surface area contributed by atoms with Gasteiger partial charge in [-0.2, -0.15) is 0 Å². The first-order chi connectivity index (χ1) is 15.5. The zero-order chi connectivity index (χ0) is 22.5. The van der Waals surface area contributed by atoms with Crippen LogP contribution in [0, 0.1) is 0 Å². The first-order valence-corrected chi connectivity index (χ1v) is 10.3. The molecule has 2 N–H and O–H groups in total. The second-order valence-corrected chi connectivity index (χ2v) is 7.46. The number of nitrogens with two attached hydrogens (primary N) is 1. The standard InChI is InChI=1S/C24H24N4O4/c1-31-19-4-2-3-16(13-19)14-21(29)28-11-12-32-20(15-28)23-22(26-9-10-27-23)17-5-7-18(8-6-17)24(25)30/h2-10,13,20H,11-12,14-15H2,1H3,(H2,25,30)/t20-/m1/s1. The molecule has 2 heterocycles. The van der Waals surface area contributed by atoms with Gasteiger partial charge in [0.05, 0.1) is 38.1 Å². The molecule has 164 valence electrons. The number of benzene rings is 2. The Bertz CT molecular complexity index is 1120. The van der Waals surface area contributed by atoms with E-state index in [1.165, 1.54) is 0 Å². The smallest absolute Gasteiger partial charge is 0.248 e. The highest BCUT2D eigenvalue weighted by molar-refractivity contribution is 5.93. The molecule has 1 atom stereocenters. The van der Waals surface area contributed by atoms with Crippen LogP contribution in [0.3, 0.4) is 0 Å². The van der Waals surface area contributed by atoms with Crippen molar-refractivity contribution in [2.45, 2.75) is 12.5 Å². The fourth-order valence-electron chi connectivity index (χ4n) is 3.71. The largest absolute Gasteiger partial charge is 0.497 e. The molecule has 0 radical (unpaired) electrons. The molecule has 1 fully saturated rings. The normalized spacial score (nSPS) is 15.9. The lowest BCUT2D eigenvalue weighted by Crippen LogP contribution is -2.43. The summed E-state index contributed by atoms with van der Waals surface area (Å²) >= 11 is 0. The summed E-state index contributed by atoms with van der Waals surface area (Å²) < 4.78 is 11.2. The van der Waals surface area contributed by atoms with E-state index in [-0.39, 0.29) is 12.3 Å². The van der Waals surface area contributed by atoms with Crippen LogP contribution in [-0.4, -0.2) is 53.5 Å². The first kappa shape index (κ1) is 21.5. The molecule has 4 rings (SSSR count). The number of methoxy groups -OCH3 is 1. The van der Waals surface area contributed by atoms with E-state index < -0.39 is 12.0 Å². The van der Waals surface area contributed by atoms with Crippen LogP contribution >= 0.6 is 0 Å². The first-order valence-electron chi connectivity index (χ1n) is 10.3. The number of carbonyl (C=O) groups is 2. The summed E-state index contributed by atoms with van der Waals surface area (Å²) in [5.74, 6) is 0.251. The SMILES string of the molecule is COc1cccc(CC(=O)N2CCO[C@@H](c3nccnc3-c3ccc(C(N)=O)cc3)C2)c1. The van der Waals surface area contributed by atoms with Gasteiger partial charge < -0.3 is 20.1 Å². The van der Waals surface area contributed by atoms with Crippen LogP contribution in [-0.2, 0) is 16.0 Å². The number of carbonyl (C=O) groups excluding carboxylic acids is 2. The number of rotatable bonds is 6. The predicted molar refractivity (Wildman–Crippen MR) is 118 cm³/mol. The third-order valence-corrected chi connectivity index (χ3v) is 5.38. The van der Waals surface area contributed by atoms with E-state index in [0.29, 0.717) is 36.6 Å². The van der Waals surface area contributed by atoms with Crippen molar-refractivity contribution >= 4 is 11.8 Å². The van der Waals surface area contributed by atoms with Gasteiger partial charge in [-0.25, -0.2) is 0 Å². The van der Waals surface area contributed by atoms with E-state index in [9.17, 15) is 9.59 Å². The van der Waals surface area contributed by atoms with Gasteiger partial charge in [0.1, 0.15) is 11.9 Å². The number of hydrogen-bond donors (Lipinski definition) is 1. The number of nitrogens with zero attached hydrogens (tertiary/aromatic N) is 3. The van der Waals surface area contributed by atoms with Crippen molar-refractivity contribution in [3.8, 4) is 17.0 Å². The Morgan fingerprint density at radius 3 is 2.69 bits per heavy atom. The van der Waals surface area contributed by atoms with Gasteiger partial charge in [-0.15, -0.1) is 0 Å². The number of ether oxygens (including phenoxy) is 2. The molecule has 1 saturated heterocycles. The molecule has 32 heavy (non-hydrogen) atoms. The fraction of sp³-hybridized carbons (Fsp3) is 0.250. The molecule has 1 aromatic heterocycles. The third kappa shape index (κ3) is 4.76. The maximum atomic E-state index is 12.9. The Morgan fingerprint density at radius 2 is 1.94 bits per heavy atom. The minimum atomic E-state index is -0.489. The lowest BCUT2D eigenvalue weighted by atomic mass is 10.0. The predicted octanol–water partition coefficient (Wildman–Crippen LogP) is 2.39. The van der Waals surface area contributed by atoms with Crippen molar-refractivity contribution in [1.29, 1.82) is 0 Å². The molecule has 1 aliphatic heterocycles. The van der Waals surface area contributed by atoms with Gasteiger partial charge in [0.15, 0.2) is 0 Å². The van der Waals surface area contributed by atoms with E-state index in [1.54, 1.807) is 48.7 Å². The lowest BCUT2D eigenvalue weighted by molar-refractivity contribution is -0.138. The molecular weight excluding hydrogens is 408 g/mol. The summed E-state index contributed by atoms with van der Waals surface area (Å²) in [6.45, 7) is 1.31. The Kier molecular flexibility index (Phi) is 6.42. The second-order valence-electron chi connectivity index (χ2n) is 7.46. The summed E-state index contributed by atoms with van der Waals surface area (Å²) in [6, 6.07) is 14.4. The second kappa shape index (κ2) is 9.57. The highest BCUT2D eigenvalue weighted by Crippen LogP contribution is 2.29. The summed E-state index contributed by atoms with van der Waals surface area (Å²) in [5.41, 5.74) is 8.74. The molecule has 1 aliphatic rings. The number of aromatic nitrogens is 2. The van der Waals surface area contributed by atoms with E-state index in [4.69, 9.17) is 15.2 Å². The molecule has 0 aliphatic carbocycles. The highest BCUT2D eigenvalue weighted by Gasteiger charge is 2.28. The van der Waals surface area contributed by atoms with Crippen LogP contribution in [0.5, 0.6) is 5.75 Å². The Morgan fingerprint density at radius 1 is 1.16 bits per heavy atom. The quantitative estimate of drug-likeness (QED) is 0.641. The number of hydrogen-bond acceptors (Lipinski definition) is 6. The van der Waals surface area contributed by atoms with Crippen LogP contribution in [0.4, 0.5) is 0 Å². The summed E-state index contributed by atoms with van der Waals surface area (Å²) in [7, 11) is 1.60. The lowest BCUT2D eigenvalue weighted by Gasteiger charge is -2.33. The molecular formula is C24H24N4O4. The van der Waals surface area contributed by atoms with Crippen molar-refractivity contribution in [3.63, 3.8) is 0 Å².